The SMILES string of the molecule is CCCn1c(=O)c2[nH]c(-c3ccc(OCC(=O)NCCNC(=O)[C@H](Cc4ccccc4)NC(=O)OC(C)(C)C)cc3)nc2n(CCC)c1=O. The van der Waals surface area contributed by atoms with Crippen molar-refractivity contribution in [1.82, 2.24) is 35.1 Å². The molecule has 2 aromatic carbocycles. The lowest BCUT2D eigenvalue weighted by Gasteiger charge is -2.23. The number of carbonyl (C=O) groups excluding carboxylic acids is 3. The molecule has 0 aliphatic rings. The molecule has 2 heterocycles. The van der Waals surface area contributed by atoms with Crippen LogP contribution in [0.5, 0.6) is 5.75 Å². The van der Waals surface area contributed by atoms with Crippen molar-refractivity contribution in [3.8, 4) is 17.1 Å². The van der Waals surface area contributed by atoms with Crippen molar-refractivity contribution in [2.45, 2.75) is 78.6 Å². The largest absolute Gasteiger partial charge is 0.484 e. The number of alkyl carbamates (subject to hydrolysis) is 1. The Morgan fingerprint density at radius 1 is 0.898 bits per heavy atom. The Bertz CT molecular complexity index is 1860. The fourth-order valence-electron chi connectivity index (χ4n) is 5.08. The molecule has 0 bridgehead atoms. The molecule has 1 atom stereocenters. The minimum absolute atomic E-state index is 0.133. The highest BCUT2D eigenvalue weighted by Crippen LogP contribution is 2.22. The first-order chi connectivity index (χ1) is 23.4. The second kappa shape index (κ2) is 16.6. The zero-order chi connectivity index (χ0) is 35.6. The van der Waals surface area contributed by atoms with Crippen LogP contribution in [0, 0.1) is 0 Å². The minimum atomic E-state index is -0.875. The number of nitrogens with zero attached hydrogens (tertiary/aromatic N) is 3. The predicted molar refractivity (Wildman–Crippen MR) is 185 cm³/mol. The Kier molecular flexibility index (Phi) is 12.4. The zero-order valence-electron chi connectivity index (χ0n) is 28.6. The predicted octanol–water partition coefficient (Wildman–Crippen LogP) is 3.12. The molecule has 4 aromatic rings. The van der Waals surface area contributed by atoms with Gasteiger partial charge in [0.15, 0.2) is 12.3 Å². The molecular weight excluding hydrogens is 630 g/mol. The van der Waals surface area contributed by atoms with Crippen LogP contribution in [0.2, 0.25) is 0 Å². The third kappa shape index (κ3) is 10.0. The summed E-state index contributed by atoms with van der Waals surface area (Å²) < 4.78 is 13.7. The molecule has 14 heteroatoms. The third-order valence-electron chi connectivity index (χ3n) is 7.29. The van der Waals surface area contributed by atoms with Crippen LogP contribution in [-0.2, 0) is 33.8 Å². The number of hydrogen-bond acceptors (Lipinski definition) is 8. The standard InChI is InChI=1S/C35H45N7O7/c1-6-19-41-30-28(32(45)42(20-7-2)34(41)47)39-29(40-30)24-13-15-25(16-14-24)48-22-27(43)36-17-18-37-31(44)26(21-23-11-9-8-10-12-23)38-33(46)49-35(3,4)5/h8-16,26H,6-7,17-22H2,1-5H3,(H,36,43)(H,37,44)(H,38,46)(H,39,40)/t26-/m0/s1. The summed E-state index contributed by atoms with van der Waals surface area (Å²) in [4.78, 5) is 71.4. The van der Waals surface area contributed by atoms with Gasteiger partial charge in [-0.05, 0) is 63.4 Å². The average Bonchev–Trinajstić information content (AvgIpc) is 3.51. The number of benzene rings is 2. The van der Waals surface area contributed by atoms with E-state index in [1.807, 2.05) is 44.2 Å². The number of amides is 3. The van der Waals surface area contributed by atoms with Gasteiger partial charge in [-0.3, -0.25) is 23.5 Å². The van der Waals surface area contributed by atoms with E-state index in [2.05, 4.69) is 25.9 Å². The van der Waals surface area contributed by atoms with Gasteiger partial charge in [-0.25, -0.2) is 14.6 Å². The monoisotopic (exact) mass is 675 g/mol. The number of aromatic amines is 1. The molecule has 0 aliphatic heterocycles. The van der Waals surface area contributed by atoms with Crippen LogP contribution in [0.4, 0.5) is 4.79 Å². The van der Waals surface area contributed by atoms with Crippen LogP contribution in [0.25, 0.3) is 22.6 Å². The number of rotatable bonds is 15. The Morgan fingerprint density at radius 3 is 2.20 bits per heavy atom. The quantitative estimate of drug-likeness (QED) is 0.139. The van der Waals surface area contributed by atoms with Crippen LogP contribution in [-0.4, -0.2) is 68.3 Å². The van der Waals surface area contributed by atoms with Gasteiger partial charge in [-0.2, -0.15) is 0 Å². The molecule has 0 aliphatic carbocycles. The highest BCUT2D eigenvalue weighted by atomic mass is 16.6. The van der Waals surface area contributed by atoms with Gasteiger partial charge in [-0.15, -0.1) is 0 Å². The van der Waals surface area contributed by atoms with E-state index in [1.54, 1.807) is 45.0 Å². The van der Waals surface area contributed by atoms with E-state index in [9.17, 15) is 24.0 Å². The second-order valence-electron chi connectivity index (χ2n) is 12.5. The van der Waals surface area contributed by atoms with E-state index >= 15 is 0 Å². The van der Waals surface area contributed by atoms with Crippen molar-refractivity contribution < 1.29 is 23.9 Å². The number of ether oxygens (including phenoxy) is 2. The fourth-order valence-corrected chi connectivity index (χ4v) is 5.08. The van der Waals surface area contributed by atoms with Crippen molar-refractivity contribution in [3.63, 3.8) is 0 Å². The smallest absolute Gasteiger partial charge is 0.408 e. The molecule has 14 nitrogen and oxygen atoms in total. The normalized spacial score (nSPS) is 11.9. The van der Waals surface area contributed by atoms with Crippen molar-refractivity contribution in [3.05, 3.63) is 81.0 Å². The fraction of sp³-hybridized carbons (Fsp3) is 0.429. The molecule has 4 N–H and O–H groups in total. The van der Waals surface area contributed by atoms with Gasteiger partial charge in [0.2, 0.25) is 5.91 Å². The summed E-state index contributed by atoms with van der Waals surface area (Å²) in [5.41, 5.74) is 0.642. The number of hydrogen-bond donors (Lipinski definition) is 4. The van der Waals surface area contributed by atoms with E-state index in [-0.39, 0.29) is 43.2 Å². The first-order valence-electron chi connectivity index (χ1n) is 16.4. The number of aryl methyl sites for hydroxylation is 1. The highest BCUT2D eigenvalue weighted by Gasteiger charge is 2.25. The van der Waals surface area contributed by atoms with E-state index in [1.165, 1.54) is 9.13 Å². The molecule has 0 saturated carbocycles. The maximum atomic E-state index is 13.0. The number of carbonyl (C=O) groups is 3. The minimum Gasteiger partial charge on any atom is -0.484 e. The van der Waals surface area contributed by atoms with Gasteiger partial charge in [0.05, 0.1) is 0 Å². The van der Waals surface area contributed by atoms with Crippen LogP contribution in [0.1, 0.15) is 53.0 Å². The lowest BCUT2D eigenvalue weighted by molar-refractivity contribution is -0.124. The molecule has 262 valence electrons. The Balaban J connectivity index is 1.29. The Hall–Kier alpha value is -5.40. The molecular formula is C35H45N7O7. The zero-order valence-corrected chi connectivity index (χ0v) is 28.6. The lowest BCUT2D eigenvalue weighted by Crippen LogP contribution is -2.50. The lowest BCUT2D eigenvalue weighted by atomic mass is 10.1. The third-order valence-corrected chi connectivity index (χ3v) is 7.29. The molecule has 4 rings (SSSR count). The Labute approximate surface area is 284 Å². The first kappa shape index (κ1) is 36.4. The van der Waals surface area contributed by atoms with Gasteiger partial charge >= 0.3 is 11.8 Å². The summed E-state index contributed by atoms with van der Waals surface area (Å²) in [6, 6.07) is 15.3. The van der Waals surface area contributed by atoms with Crippen LogP contribution in [0.15, 0.2) is 64.2 Å². The molecule has 2 aromatic heterocycles. The van der Waals surface area contributed by atoms with Crippen LogP contribution < -0.4 is 31.9 Å². The van der Waals surface area contributed by atoms with Crippen molar-refractivity contribution in [2.24, 2.45) is 0 Å². The second-order valence-corrected chi connectivity index (χ2v) is 12.5. The summed E-state index contributed by atoms with van der Waals surface area (Å²) in [6.45, 7) is 9.86. The number of imidazole rings is 1. The molecule has 0 spiro atoms. The maximum Gasteiger partial charge on any atom is 0.408 e. The van der Waals surface area contributed by atoms with E-state index < -0.39 is 29.2 Å². The summed E-state index contributed by atoms with van der Waals surface area (Å²) >= 11 is 0. The number of H-pyrrole nitrogens is 1. The van der Waals surface area contributed by atoms with Gasteiger partial charge in [0, 0.05) is 38.2 Å². The summed E-state index contributed by atoms with van der Waals surface area (Å²) in [7, 11) is 0. The average molecular weight is 676 g/mol. The van der Waals surface area contributed by atoms with Crippen LogP contribution >= 0.6 is 0 Å². The molecule has 0 radical (unpaired) electrons. The van der Waals surface area contributed by atoms with Gasteiger partial charge in [-0.1, -0.05) is 44.2 Å². The first-order valence-corrected chi connectivity index (χ1v) is 16.4. The highest BCUT2D eigenvalue weighted by molar-refractivity contribution is 5.86. The van der Waals surface area contributed by atoms with Crippen molar-refractivity contribution >= 4 is 29.1 Å². The van der Waals surface area contributed by atoms with E-state index in [0.29, 0.717) is 48.7 Å². The molecule has 0 fully saturated rings. The van der Waals surface area contributed by atoms with Gasteiger partial charge in [0.1, 0.15) is 28.7 Å². The topological polar surface area (TPSA) is 178 Å². The van der Waals surface area contributed by atoms with E-state index in [0.717, 1.165) is 5.56 Å². The van der Waals surface area contributed by atoms with Gasteiger partial charge in [0.25, 0.3) is 11.5 Å². The number of fused-ring (bicyclic) bond motifs is 1. The molecule has 0 saturated heterocycles. The summed E-state index contributed by atoms with van der Waals surface area (Å²) in [5.74, 6) is 0.0725. The van der Waals surface area contributed by atoms with Crippen molar-refractivity contribution in [2.75, 3.05) is 19.7 Å². The van der Waals surface area contributed by atoms with E-state index in [4.69, 9.17) is 9.47 Å². The summed E-state index contributed by atoms with van der Waals surface area (Å²) in [6.07, 6.45) is 0.918. The van der Waals surface area contributed by atoms with Crippen LogP contribution in [0.3, 0.4) is 0 Å². The van der Waals surface area contributed by atoms with Gasteiger partial charge < -0.3 is 30.4 Å². The number of nitrogens with one attached hydrogen (secondary N) is 4. The number of aromatic nitrogens is 4. The van der Waals surface area contributed by atoms with Crippen molar-refractivity contribution in [1.29, 1.82) is 0 Å². The molecule has 3 amide bonds. The Morgan fingerprint density at radius 2 is 1.55 bits per heavy atom. The molecule has 49 heavy (non-hydrogen) atoms. The summed E-state index contributed by atoms with van der Waals surface area (Å²) in [5, 5.41) is 8.07. The maximum absolute atomic E-state index is 13.0. The molecule has 0 unspecified atom stereocenters.